The second-order valence-corrected chi connectivity index (χ2v) is 8.02. The number of likely N-dealkylation sites (tertiary alicyclic amines) is 1. The number of hydrogen-bond donors (Lipinski definition) is 0. The number of fused-ring (bicyclic) bond motifs is 1. The number of aromatic nitrogens is 1. The van der Waals surface area contributed by atoms with E-state index in [9.17, 15) is 4.79 Å². The first-order chi connectivity index (χ1) is 11.7. The highest BCUT2D eigenvalue weighted by molar-refractivity contribution is 7.18. The number of amides is 1. The zero-order valence-electron chi connectivity index (χ0n) is 13.4. The molecule has 3 aromatic rings. The fourth-order valence-corrected chi connectivity index (χ4v) is 5.05. The van der Waals surface area contributed by atoms with E-state index in [1.165, 1.54) is 10.3 Å². The molecule has 1 aliphatic heterocycles. The third kappa shape index (κ3) is 2.89. The largest absolute Gasteiger partial charge is 0.330 e. The molecule has 0 N–H and O–H groups in total. The van der Waals surface area contributed by atoms with Crippen LogP contribution in [0.15, 0.2) is 41.8 Å². The van der Waals surface area contributed by atoms with Gasteiger partial charge in [0, 0.05) is 17.5 Å². The summed E-state index contributed by atoms with van der Waals surface area (Å²) in [5.74, 6) is 0.0876. The first-order valence-corrected chi connectivity index (χ1v) is 9.80. The Labute approximate surface area is 149 Å². The van der Waals surface area contributed by atoms with Crippen molar-refractivity contribution in [1.82, 2.24) is 9.88 Å². The molecule has 0 aliphatic carbocycles. The van der Waals surface area contributed by atoms with Crippen molar-refractivity contribution in [1.29, 1.82) is 0 Å². The van der Waals surface area contributed by atoms with Crippen molar-refractivity contribution in [3.8, 4) is 0 Å². The van der Waals surface area contributed by atoms with Gasteiger partial charge in [-0.3, -0.25) is 4.79 Å². The molecule has 1 saturated heterocycles. The average Bonchev–Trinajstić information content (AvgIpc) is 3.31. The summed E-state index contributed by atoms with van der Waals surface area (Å²) in [5, 5.41) is 3.11. The molecule has 0 radical (unpaired) electrons. The third-order valence-electron chi connectivity index (χ3n) is 4.41. The molecule has 1 atom stereocenters. The number of carbonyl (C=O) groups excluding carboxylic acids is 1. The molecule has 3 heterocycles. The van der Waals surface area contributed by atoms with Gasteiger partial charge in [0.1, 0.15) is 5.01 Å². The second kappa shape index (κ2) is 6.49. The van der Waals surface area contributed by atoms with E-state index in [4.69, 9.17) is 4.98 Å². The summed E-state index contributed by atoms with van der Waals surface area (Å²) in [6.45, 7) is 2.88. The lowest BCUT2D eigenvalue weighted by Crippen LogP contribution is -2.28. The van der Waals surface area contributed by atoms with Gasteiger partial charge < -0.3 is 4.90 Å². The number of para-hydroxylation sites is 1. The average molecular weight is 354 g/mol. The molecule has 122 valence electrons. The summed E-state index contributed by atoms with van der Waals surface area (Å²) in [6.07, 6.45) is 5.69. The van der Waals surface area contributed by atoms with Gasteiger partial charge in [-0.2, -0.15) is 0 Å². The molecule has 24 heavy (non-hydrogen) atoms. The number of benzene rings is 1. The van der Waals surface area contributed by atoms with Gasteiger partial charge in [0.25, 0.3) is 0 Å². The molecule has 0 bridgehead atoms. The Morgan fingerprint density at radius 3 is 3.00 bits per heavy atom. The lowest BCUT2D eigenvalue weighted by Gasteiger charge is -2.21. The van der Waals surface area contributed by atoms with E-state index in [2.05, 4.69) is 24.4 Å². The van der Waals surface area contributed by atoms with E-state index < -0.39 is 0 Å². The Balaban J connectivity index is 1.57. The highest BCUT2D eigenvalue weighted by Crippen LogP contribution is 2.36. The lowest BCUT2D eigenvalue weighted by molar-refractivity contribution is -0.126. The maximum atomic E-state index is 12.7. The van der Waals surface area contributed by atoms with Crippen LogP contribution in [0.25, 0.3) is 16.3 Å². The Morgan fingerprint density at radius 1 is 1.33 bits per heavy atom. The van der Waals surface area contributed by atoms with Crippen LogP contribution in [0.5, 0.6) is 0 Å². The Morgan fingerprint density at radius 2 is 2.21 bits per heavy atom. The Hall–Kier alpha value is -1.98. The molecule has 3 nitrogen and oxygen atoms in total. The number of rotatable bonds is 3. The summed E-state index contributed by atoms with van der Waals surface area (Å²) in [4.78, 5) is 20.5. The van der Waals surface area contributed by atoms with E-state index >= 15 is 0 Å². The van der Waals surface area contributed by atoms with Crippen molar-refractivity contribution in [2.45, 2.75) is 25.8 Å². The molecule has 1 aliphatic rings. The summed E-state index contributed by atoms with van der Waals surface area (Å²) < 4.78 is 1.19. The molecular weight excluding hydrogens is 336 g/mol. The first-order valence-electron chi connectivity index (χ1n) is 8.10. The number of thiazole rings is 1. The maximum absolute atomic E-state index is 12.7. The summed E-state index contributed by atoms with van der Waals surface area (Å²) in [6, 6.07) is 10.4. The van der Waals surface area contributed by atoms with Gasteiger partial charge in [-0.25, -0.2) is 4.98 Å². The topological polar surface area (TPSA) is 33.2 Å². The SMILES string of the molecule is Cc1ccsc1/C=C/C(=O)N1CCCC1c1nc2ccccc2s1. The van der Waals surface area contributed by atoms with Crippen LogP contribution in [0.4, 0.5) is 0 Å². The zero-order valence-corrected chi connectivity index (χ0v) is 15.1. The van der Waals surface area contributed by atoms with Crippen LogP contribution < -0.4 is 0 Å². The fourth-order valence-electron chi connectivity index (χ4n) is 3.12. The molecule has 1 unspecified atom stereocenters. The standard InChI is InChI=1S/C19H18N2OS2/c1-13-10-12-23-16(13)8-9-18(22)21-11-4-6-15(21)19-20-14-5-2-3-7-17(14)24-19/h2-3,5,7-10,12,15H,4,6,11H2,1H3/b9-8+. The van der Waals surface area contributed by atoms with Crippen molar-refractivity contribution in [2.24, 2.45) is 0 Å². The molecule has 0 saturated carbocycles. The predicted octanol–water partition coefficient (Wildman–Crippen LogP) is 5.04. The molecular formula is C19H18N2OS2. The fraction of sp³-hybridized carbons (Fsp3) is 0.263. The number of carbonyl (C=O) groups is 1. The van der Waals surface area contributed by atoms with Gasteiger partial charge in [-0.15, -0.1) is 22.7 Å². The smallest absolute Gasteiger partial charge is 0.247 e. The van der Waals surface area contributed by atoms with E-state index in [1.54, 1.807) is 28.7 Å². The van der Waals surface area contributed by atoms with Crippen molar-refractivity contribution in [3.63, 3.8) is 0 Å². The van der Waals surface area contributed by atoms with E-state index in [1.807, 2.05) is 29.2 Å². The summed E-state index contributed by atoms with van der Waals surface area (Å²) in [7, 11) is 0. The van der Waals surface area contributed by atoms with Crippen molar-refractivity contribution in [2.75, 3.05) is 6.54 Å². The predicted molar refractivity (Wildman–Crippen MR) is 101 cm³/mol. The molecule has 0 spiro atoms. The Bertz CT molecular complexity index is 876. The van der Waals surface area contributed by atoms with Crippen molar-refractivity contribution >= 4 is 44.9 Å². The first kappa shape index (κ1) is 15.5. The molecule has 1 aromatic carbocycles. The van der Waals surface area contributed by atoms with E-state index in [0.29, 0.717) is 0 Å². The van der Waals surface area contributed by atoms with E-state index in [-0.39, 0.29) is 11.9 Å². The van der Waals surface area contributed by atoms with Crippen LogP contribution in [-0.4, -0.2) is 22.3 Å². The van der Waals surface area contributed by atoms with Gasteiger partial charge in [0.2, 0.25) is 5.91 Å². The molecule has 2 aromatic heterocycles. The van der Waals surface area contributed by atoms with Gasteiger partial charge >= 0.3 is 0 Å². The third-order valence-corrected chi connectivity index (χ3v) is 6.53. The number of nitrogens with zero attached hydrogens (tertiary/aromatic N) is 2. The number of aryl methyl sites for hydroxylation is 1. The molecule has 4 rings (SSSR count). The van der Waals surface area contributed by atoms with Crippen LogP contribution in [0.2, 0.25) is 0 Å². The van der Waals surface area contributed by atoms with Crippen LogP contribution >= 0.6 is 22.7 Å². The minimum atomic E-state index is 0.0876. The minimum Gasteiger partial charge on any atom is -0.330 e. The Kier molecular flexibility index (Phi) is 4.21. The van der Waals surface area contributed by atoms with Gasteiger partial charge in [0.15, 0.2) is 0 Å². The van der Waals surface area contributed by atoms with Crippen LogP contribution in [0, 0.1) is 6.92 Å². The lowest BCUT2D eigenvalue weighted by atomic mass is 10.2. The zero-order chi connectivity index (χ0) is 16.5. The highest BCUT2D eigenvalue weighted by atomic mass is 32.1. The van der Waals surface area contributed by atoms with Gasteiger partial charge in [0.05, 0.1) is 16.3 Å². The second-order valence-electron chi connectivity index (χ2n) is 6.01. The number of thiophene rings is 1. The number of hydrogen-bond acceptors (Lipinski definition) is 4. The normalized spacial score (nSPS) is 18.0. The molecule has 1 fully saturated rings. The molecule has 5 heteroatoms. The highest BCUT2D eigenvalue weighted by Gasteiger charge is 2.31. The van der Waals surface area contributed by atoms with E-state index in [0.717, 1.165) is 34.8 Å². The van der Waals surface area contributed by atoms with Crippen molar-refractivity contribution < 1.29 is 4.79 Å². The van der Waals surface area contributed by atoms with Gasteiger partial charge in [-0.05, 0) is 55.0 Å². The van der Waals surface area contributed by atoms with Crippen LogP contribution in [-0.2, 0) is 4.79 Å². The summed E-state index contributed by atoms with van der Waals surface area (Å²) >= 11 is 3.37. The van der Waals surface area contributed by atoms with Crippen molar-refractivity contribution in [3.05, 3.63) is 57.2 Å². The van der Waals surface area contributed by atoms with Crippen LogP contribution in [0.3, 0.4) is 0 Å². The minimum absolute atomic E-state index is 0.0876. The maximum Gasteiger partial charge on any atom is 0.247 e. The molecule has 1 amide bonds. The quantitative estimate of drug-likeness (QED) is 0.617. The summed E-state index contributed by atoms with van der Waals surface area (Å²) in [5.41, 5.74) is 2.25. The monoisotopic (exact) mass is 354 g/mol. The van der Waals surface area contributed by atoms with Crippen LogP contribution in [0.1, 0.15) is 34.3 Å². The van der Waals surface area contributed by atoms with Gasteiger partial charge in [-0.1, -0.05) is 12.1 Å².